The van der Waals surface area contributed by atoms with Gasteiger partial charge in [0, 0.05) is 6.54 Å². The van der Waals surface area contributed by atoms with Crippen LogP contribution in [0.3, 0.4) is 0 Å². The summed E-state index contributed by atoms with van der Waals surface area (Å²) in [5.41, 5.74) is 0. The second kappa shape index (κ2) is 8.04. The van der Waals surface area contributed by atoms with E-state index in [9.17, 15) is 4.79 Å². The quantitative estimate of drug-likeness (QED) is 0.637. The number of hydrogen-bond donors (Lipinski definition) is 2. The van der Waals surface area contributed by atoms with Gasteiger partial charge in [-0.15, -0.1) is 0 Å². The molecule has 5 nitrogen and oxygen atoms in total. The zero-order chi connectivity index (χ0) is 12.5. The third-order valence-corrected chi connectivity index (χ3v) is 3.02. The highest BCUT2D eigenvalue weighted by Crippen LogP contribution is 2.15. The Bertz CT molecular complexity index is 274. The number of carbonyl (C=O) groups is 1. The first-order valence-electron chi connectivity index (χ1n) is 6.33. The molecule has 1 fully saturated rings. The third kappa shape index (κ3) is 5.66. The van der Waals surface area contributed by atoms with Crippen LogP contribution in [0.2, 0.25) is 0 Å². The number of likely N-dealkylation sites (tertiary alicyclic amines) is 1. The minimum Gasteiger partial charge on any atom is -0.342 e. The fourth-order valence-corrected chi connectivity index (χ4v) is 2.21. The molecular weight excluding hydrogens is 216 g/mol. The molecular formula is C12H22N4O. The molecule has 1 atom stereocenters. The summed E-state index contributed by atoms with van der Waals surface area (Å²) in [5.74, 6) is 0.600. The number of nitrogens with one attached hydrogen (secondary N) is 2. The van der Waals surface area contributed by atoms with Crippen molar-refractivity contribution in [3.05, 3.63) is 0 Å². The molecule has 0 aromatic carbocycles. The van der Waals surface area contributed by atoms with Crippen molar-refractivity contribution in [2.45, 2.75) is 19.8 Å². The first-order valence-corrected chi connectivity index (χ1v) is 6.33. The Kier molecular flexibility index (Phi) is 6.60. The first-order chi connectivity index (χ1) is 8.26. The molecule has 1 rings (SSSR count). The van der Waals surface area contributed by atoms with E-state index in [0.29, 0.717) is 12.5 Å². The van der Waals surface area contributed by atoms with Crippen LogP contribution < -0.4 is 10.6 Å². The first kappa shape index (κ1) is 13.9. The lowest BCUT2D eigenvalue weighted by molar-refractivity contribution is -0.122. The van der Waals surface area contributed by atoms with E-state index in [1.165, 1.54) is 6.42 Å². The maximum absolute atomic E-state index is 11.5. The Balaban J connectivity index is 2.24. The van der Waals surface area contributed by atoms with Gasteiger partial charge in [-0.05, 0) is 38.4 Å². The van der Waals surface area contributed by atoms with E-state index in [4.69, 9.17) is 5.26 Å². The van der Waals surface area contributed by atoms with Gasteiger partial charge in [-0.1, -0.05) is 6.92 Å². The van der Waals surface area contributed by atoms with E-state index in [-0.39, 0.29) is 12.5 Å². The van der Waals surface area contributed by atoms with Crippen LogP contribution in [0, 0.1) is 17.2 Å². The number of piperidine rings is 1. The normalized spacial score (nSPS) is 20.8. The summed E-state index contributed by atoms with van der Waals surface area (Å²) in [7, 11) is 0. The van der Waals surface area contributed by atoms with Crippen molar-refractivity contribution >= 4 is 5.91 Å². The molecule has 17 heavy (non-hydrogen) atoms. The minimum absolute atomic E-state index is 0.0457. The number of carbonyl (C=O) groups excluding carboxylic acids is 1. The lowest BCUT2D eigenvalue weighted by Crippen LogP contribution is -2.44. The van der Waals surface area contributed by atoms with Gasteiger partial charge in [-0.2, -0.15) is 5.26 Å². The Morgan fingerprint density at radius 2 is 2.41 bits per heavy atom. The third-order valence-electron chi connectivity index (χ3n) is 3.02. The number of rotatable bonds is 6. The molecule has 96 valence electrons. The Morgan fingerprint density at radius 3 is 3.12 bits per heavy atom. The van der Waals surface area contributed by atoms with Crippen molar-refractivity contribution in [3.8, 4) is 6.07 Å². The highest BCUT2D eigenvalue weighted by molar-refractivity contribution is 5.78. The second-order valence-corrected chi connectivity index (χ2v) is 4.49. The minimum atomic E-state index is -0.0457. The van der Waals surface area contributed by atoms with Gasteiger partial charge in [-0.3, -0.25) is 9.69 Å². The zero-order valence-corrected chi connectivity index (χ0v) is 10.5. The van der Waals surface area contributed by atoms with Gasteiger partial charge in [0.05, 0.1) is 12.6 Å². The Labute approximate surface area is 103 Å². The maximum atomic E-state index is 11.5. The van der Waals surface area contributed by atoms with Crippen LogP contribution in [0.4, 0.5) is 0 Å². The molecule has 0 aromatic heterocycles. The number of nitrogens with zero attached hydrogens (tertiary/aromatic N) is 2. The molecule has 5 heteroatoms. The van der Waals surface area contributed by atoms with Crippen LogP contribution in [0.15, 0.2) is 0 Å². The van der Waals surface area contributed by atoms with Crippen molar-refractivity contribution in [3.63, 3.8) is 0 Å². The van der Waals surface area contributed by atoms with E-state index in [1.807, 2.05) is 6.07 Å². The molecule has 0 saturated carbocycles. The Hall–Kier alpha value is -1.12. The molecule has 0 radical (unpaired) electrons. The van der Waals surface area contributed by atoms with E-state index in [2.05, 4.69) is 22.5 Å². The van der Waals surface area contributed by atoms with Crippen molar-refractivity contribution in [1.29, 1.82) is 5.26 Å². The Morgan fingerprint density at radius 1 is 1.59 bits per heavy atom. The fourth-order valence-electron chi connectivity index (χ4n) is 2.21. The highest BCUT2D eigenvalue weighted by Gasteiger charge is 2.20. The molecule has 1 unspecified atom stereocenters. The van der Waals surface area contributed by atoms with Gasteiger partial charge < -0.3 is 10.6 Å². The lowest BCUT2D eigenvalue weighted by atomic mass is 9.98. The predicted octanol–water partition coefficient (Wildman–Crippen LogP) is -0.0523. The van der Waals surface area contributed by atoms with Crippen molar-refractivity contribution in [2.75, 3.05) is 39.3 Å². The van der Waals surface area contributed by atoms with Gasteiger partial charge in [-0.25, -0.2) is 0 Å². The van der Waals surface area contributed by atoms with Crippen LogP contribution in [0.25, 0.3) is 0 Å². The maximum Gasteiger partial charge on any atom is 0.235 e. The largest absolute Gasteiger partial charge is 0.342 e. The molecule has 1 aliphatic rings. The topological polar surface area (TPSA) is 68.2 Å². The molecule has 0 aromatic rings. The highest BCUT2D eigenvalue weighted by atomic mass is 16.2. The van der Waals surface area contributed by atoms with E-state index in [1.54, 1.807) is 0 Å². The lowest BCUT2D eigenvalue weighted by Gasteiger charge is -2.32. The van der Waals surface area contributed by atoms with Crippen LogP contribution in [0.1, 0.15) is 19.8 Å². The van der Waals surface area contributed by atoms with E-state index < -0.39 is 0 Å². The van der Waals surface area contributed by atoms with Gasteiger partial charge in [0.2, 0.25) is 5.91 Å². The van der Waals surface area contributed by atoms with Gasteiger partial charge in [0.1, 0.15) is 6.54 Å². The predicted molar refractivity (Wildman–Crippen MR) is 66.3 cm³/mol. The van der Waals surface area contributed by atoms with E-state index in [0.717, 1.165) is 32.6 Å². The standard InChI is InChI=1S/C12H22N4O/c1-2-14-8-11-4-3-7-16(9-11)10-12(17)15-6-5-13/h11,14H,2-4,6-10H2,1H3,(H,15,17). The van der Waals surface area contributed by atoms with Crippen LogP contribution >= 0.6 is 0 Å². The van der Waals surface area contributed by atoms with Gasteiger partial charge in [0.25, 0.3) is 0 Å². The van der Waals surface area contributed by atoms with Crippen LogP contribution in [0.5, 0.6) is 0 Å². The number of hydrogen-bond acceptors (Lipinski definition) is 4. The van der Waals surface area contributed by atoms with Gasteiger partial charge >= 0.3 is 0 Å². The van der Waals surface area contributed by atoms with E-state index >= 15 is 0 Å². The van der Waals surface area contributed by atoms with Crippen LogP contribution in [-0.2, 0) is 4.79 Å². The average Bonchev–Trinajstić information content (AvgIpc) is 2.34. The molecule has 1 saturated heterocycles. The number of amides is 1. The molecule has 1 amide bonds. The summed E-state index contributed by atoms with van der Waals surface area (Å²) in [6, 6.07) is 1.91. The summed E-state index contributed by atoms with van der Waals surface area (Å²) in [6.07, 6.45) is 2.39. The van der Waals surface area contributed by atoms with Crippen molar-refractivity contribution in [2.24, 2.45) is 5.92 Å². The fraction of sp³-hybridized carbons (Fsp3) is 0.833. The average molecular weight is 238 g/mol. The molecule has 2 N–H and O–H groups in total. The molecule has 0 aliphatic carbocycles. The zero-order valence-electron chi connectivity index (χ0n) is 10.5. The summed E-state index contributed by atoms with van der Waals surface area (Å²) in [6.45, 7) is 6.63. The molecule has 1 heterocycles. The smallest absolute Gasteiger partial charge is 0.235 e. The van der Waals surface area contributed by atoms with Crippen molar-refractivity contribution < 1.29 is 4.79 Å². The molecule has 0 bridgehead atoms. The number of nitriles is 1. The van der Waals surface area contributed by atoms with Crippen molar-refractivity contribution in [1.82, 2.24) is 15.5 Å². The summed E-state index contributed by atoms with van der Waals surface area (Å²) < 4.78 is 0. The van der Waals surface area contributed by atoms with Crippen LogP contribution in [-0.4, -0.2) is 50.1 Å². The summed E-state index contributed by atoms with van der Waals surface area (Å²) in [5, 5.41) is 14.3. The molecule has 0 spiro atoms. The SMILES string of the molecule is CCNCC1CCCN(CC(=O)NCC#N)C1. The summed E-state index contributed by atoms with van der Waals surface area (Å²) in [4.78, 5) is 13.7. The summed E-state index contributed by atoms with van der Waals surface area (Å²) >= 11 is 0. The second-order valence-electron chi connectivity index (χ2n) is 4.49. The van der Waals surface area contributed by atoms with Gasteiger partial charge in [0.15, 0.2) is 0 Å². The monoisotopic (exact) mass is 238 g/mol. The molecule has 1 aliphatic heterocycles.